The lowest BCUT2D eigenvalue weighted by Crippen LogP contribution is -2.26. The molecular formula is C25H28IN5OS. The molecule has 33 heavy (non-hydrogen) atoms. The molecule has 0 atom stereocenters. The molecule has 3 N–H and O–H groups in total. The third-order valence-corrected chi connectivity index (χ3v) is 8.00. The highest BCUT2D eigenvalue weighted by Gasteiger charge is 2.19. The van der Waals surface area contributed by atoms with Crippen molar-refractivity contribution in [3.63, 3.8) is 0 Å². The number of hydrogen-bond acceptors (Lipinski definition) is 7. The van der Waals surface area contributed by atoms with E-state index < -0.39 is 5.60 Å². The molecule has 4 rings (SSSR count). The number of thiazole rings is 1. The molecule has 0 unspecified atom stereocenters. The van der Waals surface area contributed by atoms with E-state index in [9.17, 15) is 0 Å². The van der Waals surface area contributed by atoms with Crippen molar-refractivity contribution in [1.29, 1.82) is 0 Å². The van der Waals surface area contributed by atoms with Gasteiger partial charge in [0.15, 0.2) is 0 Å². The second-order valence-corrected chi connectivity index (χ2v) is 10.2. The minimum atomic E-state index is -0.511. The summed E-state index contributed by atoms with van der Waals surface area (Å²) in [5, 5.41) is 4.65. The lowest BCUT2D eigenvalue weighted by atomic mass is 9.99. The lowest BCUT2D eigenvalue weighted by Gasteiger charge is -2.20. The molecule has 3 aromatic rings. The molecule has 0 amide bonds. The van der Waals surface area contributed by atoms with Crippen LogP contribution in [0.25, 0.3) is 10.4 Å². The number of nitrogens with two attached hydrogens (primary N) is 1. The number of nitrogen functional groups attached to an aromatic ring is 1. The van der Waals surface area contributed by atoms with Crippen LogP contribution >= 0.6 is 34.3 Å². The first kappa shape index (κ1) is 24.1. The van der Waals surface area contributed by atoms with Crippen LogP contribution < -0.4 is 11.1 Å². The molecule has 1 aliphatic heterocycles. The summed E-state index contributed by atoms with van der Waals surface area (Å²) >= 11 is 3.65. The quantitative estimate of drug-likeness (QED) is 0.322. The van der Waals surface area contributed by atoms with Gasteiger partial charge in [-0.1, -0.05) is 5.92 Å². The van der Waals surface area contributed by atoms with E-state index in [-0.39, 0.29) is 0 Å². The third kappa shape index (κ3) is 6.51. The predicted molar refractivity (Wildman–Crippen MR) is 142 cm³/mol. The van der Waals surface area contributed by atoms with Gasteiger partial charge >= 0.3 is 0 Å². The zero-order valence-corrected chi connectivity index (χ0v) is 21.9. The Labute approximate surface area is 213 Å². The second-order valence-electron chi connectivity index (χ2n) is 8.74. The lowest BCUT2D eigenvalue weighted by molar-refractivity contribution is 0.251. The van der Waals surface area contributed by atoms with Crippen molar-refractivity contribution in [2.75, 3.05) is 18.8 Å². The Morgan fingerprint density at radius 1 is 1.18 bits per heavy atom. The van der Waals surface area contributed by atoms with Crippen molar-refractivity contribution >= 4 is 40.2 Å². The van der Waals surface area contributed by atoms with Gasteiger partial charge in [-0.05, 0) is 87.9 Å². The Balaban J connectivity index is 1.46. The van der Waals surface area contributed by atoms with E-state index in [0.717, 1.165) is 60.5 Å². The van der Waals surface area contributed by atoms with Crippen LogP contribution in [0.5, 0.6) is 0 Å². The average Bonchev–Trinajstić information content (AvgIpc) is 3.34. The summed E-state index contributed by atoms with van der Waals surface area (Å²) in [5.74, 6) is 7.35. The first-order valence-corrected chi connectivity index (χ1v) is 12.8. The van der Waals surface area contributed by atoms with Gasteiger partial charge in [0.25, 0.3) is 0 Å². The summed E-state index contributed by atoms with van der Waals surface area (Å²) in [6.45, 7) is 5.99. The summed E-state index contributed by atoms with van der Waals surface area (Å²) in [7, 11) is 0. The van der Waals surface area contributed by atoms with Gasteiger partial charge in [-0.25, -0.2) is 15.0 Å². The predicted octanol–water partition coefficient (Wildman–Crippen LogP) is 4.93. The van der Waals surface area contributed by atoms with Crippen LogP contribution in [0.4, 0.5) is 5.82 Å². The number of rotatable bonds is 6. The normalized spacial score (nSPS) is 14.6. The first-order valence-electron chi connectivity index (χ1n) is 11.1. The van der Waals surface area contributed by atoms with Gasteiger partial charge in [-0.3, -0.25) is 3.07 Å². The van der Waals surface area contributed by atoms with E-state index in [1.54, 1.807) is 17.5 Å². The highest BCUT2D eigenvalue weighted by Crippen LogP contribution is 2.34. The topological polar surface area (TPSA) is 86.0 Å². The molecule has 0 saturated carbocycles. The molecule has 172 valence electrons. The number of pyridine rings is 2. The molecule has 8 heteroatoms. The van der Waals surface area contributed by atoms with Crippen LogP contribution in [0.2, 0.25) is 0 Å². The fourth-order valence-electron chi connectivity index (χ4n) is 3.75. The van der Waals surface area contributed by atoms with Gasteiger partial charge in [0.05, 0.1) is 9.88 Å². The maximum Gasteiger partial charge on any atom is 0.135 e. The van der Waals surface area contributed by atoms with Crippen LogP contribution in [0.15, 0.2) is 36.8 Å². The van der Waals surface area contributed by atoms with Crippen LogP contribution in [-0.2, 0) is 15.9 Å². The fourth-order valence-corrected chi connectivity index (χ4v) is 4.92. The van der Waals surface area contributed by atoms with Gasteiger partial charge in [0.1, 0.15) is 40.1 Å². The monoisotopic (exact) mass is 573 g/mol. The van der Waals surface area contributed by atoms with Crippen LogP contribution in [0, 0.1) is 11.8 Å². The van der Waals surface area contributed by atoms with Crippen LogP contribution in [0.3, 0.4) is 0 Å². The summed E-state index contributed by atoms with van der Waals surface area (Å²) in [6, 6.07) is 6.20. The largest absolute Gasteiger partial charge is 0.383 e. The molecule has 0 spiro atoms. The number of piperidine rings is 1. The maximum atomic E-state index is 6.22. The van der Waals surface area contributed by atoms with E-state index in [4.69, 9.17) is 13.8 Å². The number of nitrogens with one attached hydrogen (secondary N) is 1. The Hall–Kier alpha value is -2.06. The second kappa shape index (κ2) is 10.9. The van der Waals surface area contributed by atoms with E-state index in [1.165, 1.54) is 10.6 Å². The molecule has 1 saturated heterocycles. The summed E-state index contributed by atoms with van der Waals surface area (Å²) in [6.07, 6.45) is 9.57. The SMILES string of the molecule is CC(C)(C#Cc1cc(CCc2cc(-c3cnc(C4CCNCC4)s3)cnc2N)ccn1)OI. The van der Waals surface area contributed by atoms with Gasteiger partial charge < -0.3 is 11.1 Å². The number of hydrogen-bond donors (Lipinski definition) is 2. The van der Waals surface area contributed by atoms with E-state index in [0.29, 0.717) is 11.7 Å². The molecule has 3 aromatic heterocycles. The zero-order chi connectivity index (χ0) is 23.3. The highest BCUT2D eigenvalue weighted by atomic mass is 127. The van der Waals surface area contributed by atoms with Crippen molar-refractivity contribution in [2.45, 2.75) is 51.0 Å². The van der Waals surface area contributed by atoms with E-state index in [1.807, 2.05) is 61.4 Å². The molecule has 0 aromatic carbocycles. The van der Waals surface area contributed by atoms with Gasteiger partial charge in [0, 0.05) is 30.1 Å². The van der Waals surface area contributed by atoms with Crippen molar-refractivity contribution in [3.8, 4) is 22.3 Å². The van der Waals surface area contributed by atoms with Crippen molar-refractivity contribution < 1.29 is 3.07 Å². The Morgan fingerprint density at radius 3 is 2.79 bits per heavy atom. The van der Waals surface area contributed by atoms with Crippen LogP contribution in [0.1, 0.15) is 54.4 Å². The van der Waals surface area contributed by atoms with Gasteiger partial charge in [-0.2, -0.15) is 0 Å². The van der Waals surface area contributed by atoms with Crippen molar-refractivity contribution in [1.82, 2.24) is 20.3 Å². The highest BCUT2D eigenvalue weighted by molar-refractivity contribution is 14.1. The number of anilines is 1. The fraction of sp³-hybridized carbons (Fsp3) is 0.400. The summed E-state index contributed by atoms with van der Waals surface area (Å²) in [4.78, 5) is 14.7. The van der Waals surface area contributed by atoms with E-state index in [2.05, 4.69) is 33.2 Å². The number of aromatic nitrogens is 3. The smallest absolute Gasteiger partial charge is 0.135 e. The molecule has 0 radical (unpaired) electrons. The Morgan fingerprint density at radius 2 is 2.00 bits per heavy atom. The molecular weight excluding hydrogens is 545 g/mol. The summed E-state index contributed by atoms with van der Waals surface area (Å²) < 4.78 is 5.33. The molecule has 1 aliphatic rings. The van der Waals surface area contributed by atoms with Gasteiger partial charge in [0.2, 0.25) is 0 Å². The number of halogens is 1. The van der Waals surface area contributed by atoms with Crippen molar-refractivity contribution in [2.24, 2.45) is 0 Å². The average molecular weight is 574 g/mol. The van der Waals surface area contributed by atoms with E-state index >= 15 is 0 Å². The molecule has 0 bridgehead atoms. The van der Waals surface area contributed by atoms with Gasteiger partial charge in [-0.15, -0.1) is 11.3 Å². The molecule has 6 nitrogen and oxygen atoms in total. The molecule has 4 heterocycles. The van der Waals surface area contributed by atoms with Crippen LogP contribution in [-0.4, -0.2) is 33.6 Å². The summed E-state index contributed by atoms with van der Waals surface area (Å²) in [5.41, 5.74) is 9.74. The Bertz CT molecular complexity index is 1160. The molecule has 0 aliphatic carbocycles. The standard InChI is InChI=1S/C25H28IN5OS/c1-25(2,32-26)9-5-21-13-17(6-12-29-21)3-4-19-14-20(15-30-23(19)27)22-16-31-24(33-22)18-7-10-28-11-8-18/h6,12-16,18,28H,3-4,7-8,10-11H2,1-2H3,(H2,27,30). The maximum absolute atomic E-state index is 6.22. The zero-order valence-electron chi connectivity index (χ0n) is 18.9. The first-order chi connectivity index (χ1) is 15.9. The minimum absolute atomic E-state index is 0.511. The third-order valence-electron chi connectivity index (χ3n) is 5.69. The number of nitrogens with zero attached hydrogens (tertiary/aromatic N) is 3. The number of aryl methyl sites for hydroxylation is 2. The minimum Gasteiger partial charge on any atom is -0.383 e. The molecule has 1 fully saturated rings. The van der Waals surface area contributed by atoms with Crippen molar-refractivity contribution in [3.05, 3.63) is 58.6 Å². The Kier molecular flexibility index (Phi) is 7.96.